The van der Waals surface area contributed by atoms with Gasteiger partial charge in [-0.3, -0.25) is 20.0 Å². The van der Waals surface area contributed by atoms with Gasteiger partial charge in [-0.15, -0.1) is 0 Å². The lowest BCUT2D eigenvalue weighted by atomic mass is 9.93. The van der Waals surface area contributed by atoms with Crippen LogP contribution in [0.2, 0.25) is 0 Å². The number of ether oxygens (including phenoxy) is 2. The van der Waals surface area contributed by atoms with Crippen molar-refractivity contribution in [3.63, 3.8) is 0 Å². The molecule has 0 unspecified atom stereocenters. The summed E-state index contributed by atoms with van der Waals surface area (Å²) in [6.45, 7) is 7.54. The van der Waals surface area contributed by atoms with Crippen LogP contribution < -0.4 is 15.0 Å². The van der Waals surface area contributed by atoms with E-state index in [-0.39, 0.29) is 34.3 Å². The summed E-state index contributed by atoms with van der Waals surface area (Å²) in [5, 5.41) is 22.1. The molecule has 0 amide bonds. The topological polar surface area (TPSA) is 125 Å². The lowest BCUT2D eigenvalue weighted by molar-refractivity contribution is -0.385. The normalized spacial score (nSPS) is 11.6. The van der Waals surface area contributed by atoms with E-state index in [0.717, 1.165) is 4.68 Å². The molecule has 2 aromatic rings. The van der Waals surface area contributed by atoms with Crippen LogP contribution >= 0.6 is 12.2 Å². The largest absolute Gasteiger partial charge is 0.490 e. The molecule has 0 saturated heterocycles. The molecule has 0 fully saturated rings. The minimum Gasteiger partial charge on any atom is -0.490 e. The molecule has 1 N–H and O–H groups in total. The molecular weight excluding hydrogens is 386 g/mol. The molecule has 0 aliphatic heterocycles. The average molecular weight is 407 g/mol. The molecule has 0 radical (unpaired) electrons. The Labute approximate surface area is 166 Å². The van der Waals surface area contributed by atoms with E-state index in [1.165, 1.54) is 25.5 Å². The van der Waals surface area contributed by atoms with Crippen LogP contribution in [-0.2, 0) is 5.41 Å². The Morgan fingerprint density at radius 2 is 2.11 bits per heavy atom. The highest BCUT2D eigenvalue weighted by Crippen LogP contribution is 2.37. The van der Waals surface area contributed by atoms with Gasteiger partial charge < -0.3 is 9.47 Å². The van der Waals surface area contributed by atoms with Crippen LogP contribution in [0.3, 0.4) is 0 Å². The van der Waals surface area contributed by atoms with Gasteiger partial charge in [0.15, 0.2) is 5.75 Å². The number of aromatic amines is 1. The van der Waals surface area contributed by atoms with Crippen molar-refractivity contribution in [1.82, 2.24) is 14.9 Å². The van der Waals surface area contributed by atoms with Gasteiger partial charge in [-0.2, -0.15) is 14.9 Å². The summed E-state index contributed by atoms with van der Waals surface area (Å²) in [5.74, 6) is 0.209. The Balaban J connectivity index is 2.60. The second-order valence-electron chi connectivity index (χ2n) is 6.75. The van der Waals surface area contributed by atoms with Crippen molar-refractivity contribution < 1.29 is 14.4 Å². The molecule has 1 aromatic heterocycles. The predicted octanol–water partition coefficient (Wildman–Crippen LogP) is 2.80. The maximum absolute atomic E-state index is 12.6. The van der Waals surface area contributed by atoms with E-state index < -0.39 is 15.9 Å². The predicted molar refractivity (Wildman–Crippen MR) is 106 cm³/mol. The van der Waals surface area contributed by atoms with E-state index in [1.807, 2.05) is 20.8 Å². The number of nitro benzene ring substituents is 1. The molecule has 1 heterocycles. The van der Waals surface area contributed by atoms with Gasteiger partial charge in [0.1, 0.15) is 5.69 Å². The zero-order valence-corrected chi connectivity index (χ0v) is 17.0. The van der Waals surface area contributed by atoms with Crippen molar-refractivity contribution in [1.29, 1.82) is 0 Å². The minimum absolute atomic E-state index is 0.00212. The standard InChI is InChI=1S/C17H21N5O5S/c1-6-27-12-8-10(7-11(22(24)25)13(12)26-5)9-18-21-15(23)14(17(2,3)4)19-20-16(21)28/h7-9H,6H2,1-5H3,(H,20,28)/b18-9-. The van der Waals surface area contributed by atoms with Crippen LogP contribution in [0.15, 0.2) is 22.0 Å². The number of methoxy groups -OCH3 is 1. The molecule has 150 valence electrons. The van der Waals surface area contributed by atoms with Gasteiger partial charge in [0.05, 0.1) is 24.9 Å². The second-order valence-corrected chi connectivity index (χ2v) is 7.14. The summed E-state index contributed by atoms with van der Waals surface area (Å²) in [5.41, 5.74) is -0.673. The number of hydrogen-bond acceptors (Lipinski definition) is 8. The van der Waals surface area contributed by atoms with E-state index in [4.69, 9.17) is 21.7 Å². The molecule has 28 heavy (non-hydrogen) atoms. The van der Waals surface area contributed by atoms with Gasteiger partial charge >= 0.3 is 5.69 Å². The first kappa shape index (κ1) is 21.2. The first-order valence-corrected chi connectivity index (χ1v) is 8.76. The van der Waals surface area contributed by atoms with E-state index in [0.29, 0.717) is 5.56 Å². The van der Waals surface area contributed by atoms with Crippen LogP contribution in [0, 0.1) is 14.9 Å². The van der Waals surface area contributed by atoms with Crippen LogP contribution in [0.25, 0.3) is 0 Å². The summed E-state index contributed by atoms with van der Waals surface area (Å²) in [7, 11) is 1.32. The first-order valence-electron chi connectivity index (χ1n) is 8.36. The van der Waals surface area contributed by atoms with Crippen molar-refractivity contribution >= 4 is 24.1 Å². The third-order valence-corrected chi connectivity index (χ3v) is 3.91. The van der Waals surface area contributed by atoms with Gasteiger partial charge in [0.25, 0.3) is 5.56 Å². The average Bonchev–Trinajstić information content (AvgIpc) is 2.60. The lowest BCUT2D eigenvalue weighted by Gasteiger charge is -2.16. The third kappa shape index (κ3) is 4.42. The van der Waals surface area contributed by atoms with E-state index in [2.05, 4.69) is 15.3 Å². The highest BCUT2D eigenvalue weighted by atomic mass is 32.1. The Morgan fingerprint density at radius 3 is 2.64 bits per heavy atom. The van der Waals surface area contributed by atoms with Gasteiger partial charge in [0, 0.05) is 17.0 Å². The number of aromatic nitrogens is 3. The van der Waals surface area contributed by atoms with Gasteiger partial charge in [-0.1, -0.05) is 20.8 Å². The minimum atomic E-state index is -0.582. The highest BCUT2D eigenvalue weighted by molar-refractivity contribution is 7.71. The van der Waals surface area contributed by atoms with E-state index >= 15 is 0 Å². The fourth-order valence-electron chi connectivity index (χ4n) is 2.40. The molecule has 0 spiro atoms. The second kappa shape index (κ2) is 8.30. The molecule has 0 aliphatic rings. The summed E-state index contributed by atoms with van der Waals surface area (Å²) in [6, 6.07) is 2.80. The fraction of sp³-hybridized carbons (Fsp3) is 0.412. The molecule has 2 rings (SSSR count). The number of nitrogens with zero attached hydrogens (tertiary/aromatic N) is 4. The van der Waals surface area contributed by atoms with Crippen molar-refractivity contribution in [2.75, 3.05) is 13.7 Å². The maximum atomic E-state index is 12.6. The number of nitro groups is 1. The van der Waals surface area contributed by atoms with Gasteiger partial charge in [0.2, 0.25) is 10.5 Å². The molecule has 0 atom stereocenters. The number of hydrogen-bond donors (Lipinski definition) is 1. The van der Waals surface area contributed by atoms with Crippen molar-refractivity contribution in [2.45, 2.75) is 33.1 Å². The van der Waals surface area contributed by atoms with E-state index in [9.17, 15) is 14.9 Å². The van der Waals surface area contributed by atoms with Gasteiger partial charge in [-0.05, 0) is 25.2 Å². The van der Waals surface area contributed by atoms with Crippen LogP contribution in [0.4, 0.5) is 5.69 Å². The Hall–Kier alpha value is -3.08. The van der Waals surface area contributed by atoms with Gasteiger partial charge in [-0.25, -0.2) is 0 Å². The SMILES string of the molecule is CCOc1cc(/C=N\n2c(=S)[nH]nc(C(C)(C)C)c2=O)cc([N+](=O)[O-])c1OC. The summed E-state index contributed by atoms with van der Waals surface area (Å²) in [6.07, 6.45) is 1.28. The zero-order chi connectivity index (χ0) is 21.1. The molecule has 1 aromatic carbocycles. The van der Waals surface area contributed by atoms with Crippen LogP contribution in [0.5, 0.6) is 11.5 Å². The van der Waals surface area contributed by atoms with Crippen LogP contribution in [-0.4, -0.2) is 39.7 Å². The number of nitrogens with one attached hydrogen (secondary N) is 1. The quantitative estimate of drug-likeness (QED) is 0.338. The summed E-state index contributed by atoms with van der Waals surface area (Å²) < 4.78 is 11.5. The summed E-state index contributed by atoms with van der Waals surface area (Å²) >= 11 is 5.09. The smallest absolute Gasteiger partial charge is 0.315 e. The van der Waals surface area contributed by atoms with Crippen molar-refractivity contribution in [3.8, 4) is 11.5 Å². The Kier molecular flexibility index (Phi) is 6.29. The third-order valence-electron chi connectivity index (χ3n) is 3.64. The van der Waals surface area contributed by atoms with Crippen molar-refractivity contribution in [3.05, 3.63) is 48.6 Å². The lowest BCUT2D eigenvalue weighted by Crippen LogP contribution is -2.32. The first-order chi connectivity index (χ1) is 13.1. The molecule has 10 nitrogen and oxygen atoms in total. The van der Waals surface area contributed by atoms with Crippen molar-refractivity contribution in [2.24, 2.45) is 5.10 Å². The zero-order valence-electron chi connectivity index (χ0n) is 16.2. The molecule has 0 aliphatic carbocycles. The van der Waals surface area contributed by atoms with E-state index in [1.54, 1.807) is 6.92 Å². The molecular formula is C17H21N5O5S. The number of rotatable bonds is 6. The molecule has 0 saturated carbocycles. The molecule has 11 heteroatoms. The number of benzene rings is 1. The Bertz CT molecular complexity index is 1040. The molecule has 0 bridgehead atoms. The Morgan fingerprint density at radius 1 is 1.43 bits per heavy atom. The number of H-pyrrole nitrogens is 1. The fourth-order valence-corrected chi connectivity index (χ4v) is 2.57. The summed E-state index contributed by atoms with van der Waals surface area (Å²) in [4.78, 5) is 23.4. The monoisotopic (exact) mass is 407 g/mol. The van der Waals surface area contributed by atoms with Crippen LogP contribution in [0.1, 0.15) is 39.0 Å². The highest BCUT2D eigenvalue weighted by Gasteiger charge is 2.23. The maximum Gasteiger partial charge on any atom is 0.315 e.